The van der Waals surface area contributed by atoms with Crippen LogP contribution >= 0.6 is 15.9 Å². The highest BCUT2D eigenvalue weighted by Gasteiger charge is 2.31. The first-order chi connectivity index (χ1) is 11.7. The summed E-state index contributed by atoms with van der Waals surface area (Å²) in [7, 11) is -4.17. The van der Waals surface area contributed by atoms with Crippen molar-refractivity contribution in [3.63, 3.8) is 0 Å². The van der Waals surface area contributed by atoms with Gasteiger partial charge < -0.3 is 0 Å². The molecule has 2 aromatic carbocycles. The first-order valence-corrected chi connectivity index (χ1v) is 9.33. The molecule has 1 amide bonds. The summed E-state index contributed by atoms with van der Waals surface area (Å²) in [5.74, 6) is -0.746. The molecule has 0 fully saturated rings. The molecule has 0 aliphatic rings. The average Bonchev–Trinajstić information content (AvgIpc) is 2.59. The van der Waals surface area contributed by atoms with Gasteiger partial charge in [-0.15, -0.1) is 0 Å². The Labute approximate surface area is 152 Å². The van der Waals surface area contributed by atoms with Crippen molar-refractivity contribution in [1.29, 1.82) is 0 Å². The summed E-state index contributed by atoms with van der Waals surface area (Å²) in [6.07, 6.45) is 0.299. The molecule has 0 unspecified atom stereocenters. The lowest BCUT2D eigenvalue weighted by Crippen LogP contribution is -2.10. The molecule has 0 saturated heterocycles. The van der Waals surface area contributed by atoms with Gasteiger partial charge in [-0.05, 0) is 52.8 Å². The zero-order chi connectivity index (χ0) is 18.8. The molecule has 9 heteroatoms. The van der Waals surface area contributed by atoms with Crippen molar-refractivity contribution >= 4 is 44.1 Å². The predicted octanol–water partition coefficient (Wildman–Crippen LogP) is 3.59. The zero-order valence-corrected chi connectivity index (χ0v) is 15.5. The lowest BCUT2D eigenvalue weighted by Gasteiger charge is -2.11. The van der Waals surface area contributed by atoms with E-state index in [1.807, 2.05) is 0 Å². The molecule has 2 aromatic rings. The summed E-state index contributed by atoms with van der Waals surface area (Å²) in [6, 6.07) is 8.12. The Hall–Kier alpha value is -2.39. The van der Waals surface area contributed by atoms with Crippen molar-refractivity contribution in [3.05, 3.63) is 62.1 Å². The Balaban J connectivity index is 2.85. The van der Waals surface area contributed by atoms with E-state index in [1.54, 1.807) is 13.0 Å². The van der Waals surface area contributed by atoms with Crippen molar-refractivity contribution in [3.8, 4) is 0 Å². The second-order valence-corrected chi connectivity index (χ2v) is 7.73. The fraction of sp³-hybridized carbons (Fsp3) is 0.125. The molecule has 2 rings (SSSR count). The van der Waals surface area contributed by atoms with E-state index >= 15 is 0 Å². The van der Waals surface area contributed by atoms with Crippen LogP contribution in [0.4, 0.5) is 5.69 Å². The van der Waals surface area contributed by atoms with Gasteiger partial charge in [0.2, 0.25) is 9.84 Å². The van der Waals surface area contributed by atoms with E-state index in [1.165, 1.54) is 18.2 Å². The molecule has 0 aliphatic heterocycles. The maximum atomic E-state index is 12.9. The smallest absolute Gasteiger partial charge is 0.267 e. The lowest BCUT2D eigenvalue weighted by molar-refractivity contribution is -0.387. The molecule has 7 nitrogen and oxygen atoms in total. The standard InChI is InChI=1S/C16H13BrN2O5S/c1-3-10-8-15(13(19(21)22)9-11(10)16(20)18-2)25(23,24)14-7-5-4-6-12(14)17/h4-9H,2-3H2,1H3. The number of sulfone groups is 1. The molecule has 0 aliphatic carbocycles. The third-order valence-corrected chi connectivity index (χ3v) is 6.35. The monoisotopic (exact) mass is 424 g/mol. The summed E-state index contributed by atoms with van der Waals surface area (Å²) in [5.41, 5.74) is -0.371. The van der Waals surface area contributed by atoms with E-state index < -0.39 is 31.3 Å². The van der Waals surface area contributed by atoms with Crippen LogP contribution in [-0.4, -0.2) is 26.0 Å². The fourth-order valence-electron chi connectivity index (χ4n) is 2.33. The molecule has 0 bridgehead atoms. The SMILES string of the molecule is C=NC(=O)c1cc([N+](=O)[O-])c(S(=O)(=O)c2ccccc2Br)cc1CC. The average molecular weight is 425 g/mol. The van der Waals surface area contributed by atoms with Crippen LogP contribution in [0.25, 0.3) is 0 Å². The number of hydrogen-bond donors (Lipinski definition) is 0. The second-order valence-electron chi connectivity index (χ2n) is 4.98. The third kappa shape index (κ3) is 3.52. The molecule has 0 spiro atoms. The van der Waals surface area contributed by atoms with Crippen LogP contribution in [0, 0.1) is 10.1 Å². The van der Waals surface area contributed by atoms with Crippen LogP contribution in [0.5, 0.6) is 0 Å². The number of aryl methyl sites for hydroxylation is 1. The van der Waals surface area contributed by atoms with Crippen LogP contribution in [0.1, 0.15) is 22.8 Å². The van der Waals surface area contributed by atoms with Crippen LogP contribution in [0.3, 0.4) is 0 Å². The van der Waals surface area contributed by atoms with Crippen molar-refractivity contribution in [2.75, 3.05) is 0 Å². The van der Waals surface area contributed by atoms with Gasteiger partial charge in [0.1, 0.15) is 4.90 Å². The highest BCUT2D eigenvalue weighted by atomic mass is 79.9. The fourth-order valence-corrected chi connectivity index (χ4v) is 4.78. The van der Waals surface area contributed by atoms with Crippen LogP contribution in [0.2, 0.25) is 0 Å². The minimum Gasteiger partial charge on any atom is -0.267 e. The van der Waals surface area contributed by atoms with Gasteiger partial charge in [-0.3, -0.25) is 14.9 Å². The minimum absolute atomic E-state index is 0.0322. The second kappa shape index (κ2) is 7.24. The highest BCUT2D eigenvalue weighted by molar-refractivity contribution is 9.10. The number of nitro benzene ring substituents is 1. The van der Waals surface area contributed by atoms with Crippen LogP contribution in [-0.2, 0) is 16.3 Å². The predicted molar refractivity (Wildman–Crippen MR) is 95.9 cm³/mol. The number of benzene rings is 2. The van der Waals surface area contributed by atoms with Crippen molar-refractivity contribution in [2.45, 2.75) is 23.1 Å². The molecule has 0 aromatic heterocycles. The third-order valence-electron chi connectivity index (χ3n) is 3.55. The molecular formula is C16H13BrN2O5S. The van der Waals surface area contributed by atoms with Gasteiger partial charge in [0.05, 0.1) is 15.4 Å². The first kappa shape index (κ1) is 18.9. The summed E-state index contributed by atoms with van der Waals surface area (Å²) in [4.78, 5) is 25.1. The number of amides is 1. The van der Waals surface area contributed by atoms with Gasteiger partial charge in [-0.1, -0.05) is 19.1 Å². The lowest BCUT2D eigenvalue weighted by atomic mass is 10.0. The van der Waals surface area contributed by atoms with Crippen LogP contribution < -0.4 is 0 Å². The summed E-state index contributed by atoms with van der Waals surface area (Å²) < 4.78 is 26.2. The summed E-state index contributed by atoms with van der Waals surface area (Å²) >= 11 is 3.15. The molecule has 130 valence electrons. The number of carbonyl (C=O) groups excluding carboxylic acids is 1. The van der Waals surface area contributed by atoms with E-state index in [-0.39, 0.29) is 14.9 Å². The summed E-state index contributed by atoms with van der Waals surface area (Å²) in [5, 5.41) is 11.4. The first-order valence-electron chi connectivity index (χ1n) is 7.06. The molecule has 0 radical (unpaired) electrons. The Morgan fingerprint density at radius 2 is 1.92 bits per heavy atom. The number of hydrogen-bond acceptors (Lipinski definition) is 5. The molecule has 25 heavy (non-hydrogen) atoms. The Bertz CT molecular complexity index is 986. The van der Waals surface area contributed by atoms with E-state index in [2.05, 4.69) is 27.6 Å². The van der Waals surface area contributed by atoms with Crippen molar-refractivity contribution in [1.82, 2.24) is 0 Å². The van der Waals surface area contributed by atoms with E-state index in [0.717, 1.165) is 12.1 Å². The van der Waals surface area contributed by atoms with Gasteiger partial charge in [0.15, 0.2) is 0 Å². The molecule has 0 saturated carbocycles. The quantitative estimate of drug-likeness (QED) is 0.413. The molecule has 0 heterocycles. The largest absolute Gasteiger partial charge is 0.289 e. The van der Waals surface area contributed by atoms with E-state index in [9.17, 15) is 23.3 Å². The summed E-state index contributed by atoms with van der Waals surface area (Å²) in [6.45, 7) is 4.83. The Morgan fingerprint density at radius 3 is 2.44 bits per heavy atom. The molecule has 0 N–H and O–H groups in total. The molecular weight excluding hydrogens is 412 g/mol. The number of nitrogens with zero attached hydrogens (tertiary/aromatic N) is 2. The van der Waals surface area contributed by atoms with Gasteiger partial charge in [-0.25, -0.2) is 13.4 Å². The Morgan fingerprint density at radius 1 is 1.28 bits per heavy atom. The normalized spacial score (nSPS) is 11.1. The van der Waals surface area contributed by atoms with E-state index in [4.69, 9.17) is 0 Å². The van der Waals surface area contributed by atoms with Gasteiger partial charge in [0.25, 0.3) is 11.6 Å². The van der Waals surface area contributed by atoms with Crippen LogP contribution in [0.15, 0.2) is 55.7 Å². The number of aliphatic imine (C=N–C) groups is 1. The van der Waals surface area contributed by atoms with Crippen molar-refractivity contribution in [2.24, 2.45) is 4.99 Å². The highest BCUT2D eigenvalue weighted by Crippen LogP contribution is 2.35. The maximum absolute atomic E-state index is 12.9. The topological polar surface area (TPSA) is 107 Å². The number of carbonyl (C=O) groups is 1. The zero-order valence-electron chi connectivity index (χ0n) is 13.1. The minimum atomic E-state index is -4.17. The Kier molecular flexibility index (Phi) is 5.48. The van der Waals surface area contributed by atoms with E-state index in [0.29, 0.717) is 12.0 Å². The molecule has 0 atom stereocenters. The number of nitro groups is 1. The van der Waals surface area contributed by atoms with Gasteiger partial charge in [0, 0.05) is 10.5 Å². The van der Waals surface area contributed by atoms with Gasteiger partial charge in [-0.2, -0.15) is 0 Å². The van der Waals surface area contributed by atoms with Gasteiger partial charge >= 0.3 is 0 Å². The maximum Gasteiger partial charge on any atom is 0.289 e. The van der Waals surface area contributed by atoms with Crippen molar-refractivity contribution < 1.29 is 18.1 Å². The number of halogens is 1. The number of rotatable bonds is 5.